The molecule has 2 nitrogen and oxygen atoms in total. The van der Waals surface area contributed by atoms with E-state index in [2.05, 4.69) is 46.8 Å². The standard InChI is InChI=1S/C24H36O2/c1-7-8-9-10-13-23(2,3)17-15-19(25-6)21-20(16-17)26-18-12-11-14-24(4,5)22(18)21/h15-16H,7-14H2,1-6H3. The Labute approximate surface area is 159 Å². The topological polar surface area (TPSA) is 22.4 Å². The lowest BCUT2D eigenvalue weighted by molar-refractivity contribution is 0.393. The highest BCUT2D eigenvalue weighted by atomic mass is 16.5. The number of ether oxygens (including phenoxy) is 1. The molecule has 26 heavy (non-hydrogen) atoms. The first-order valence-corrected chi connectivity index (χ1v) is 10.4. The first-order valence-electron chi connectivity index (χ1n) is 10.4. The van der Waals surface area contributed by atoms with E-state index in [0.717, 1.165) is 17.8 Å². The zero-order valence-corrected chi connectivity index (χ0v) is 17.6. The Morgan fingerprint density at radius 2 is 1.92 bits per heavy atom. The molecule has 3 rings (SSSR count). The Kier molecular flexibility index (Phi) is 5.42. The summed E-state index contributed by atoms with van der Waals surface area (Å²) in [5.74, 6) is 2.16. The summed E-state index contributed by atoms with van der Waals surface area (Å²) in [7, 11) is 1.79. The van der Waals surface area contributed by atoms with E-state index in [1.165, 1.54) is 67.2 Å². The monoisotopic (exact) mass is 356 g/mol. The van der Waals surface area contributed by atoms with Crippen molar-refractivity contribution >= 4 is 11.0 Å². The van der Waals surface area contributed by atoms with Crippen LogP contribution in [0.5, 0.6) is 5.75 Å². The van der Waals surface area contributed by atoms with Crippen molar-refractivity contribution in [2.75, 3.05) is 7.11 Å². The molecule has 0 unspecified atom stereocenters. The predicted octanol–water partition coefficient (Wildman–Crippen LogP) is 7.30. The molecule has 0 amide bonds. The maximum atomic E-state index is 6.37. The van der Waals surface area contributed by atoms with Gasteiger partial charge >= 0.3 is 0 Å². The van der Waals surface area contributed by atoms with Gasteiger partial charge in [0, 0.05) is 12.0 Å². The Morgan fingerprint density at radius 3 is 2.62 bits per heavy atom. The Balaban J connectivity index is 2.02. The van der Waals surface area contributed by atoms with Crippen LogP contribution >= 0.6 is 0 Å². The number of furan rings is 1. The van der Waals surface area contributed by atoms with Crippen LogP contribution in [0.3, 0.4) is 0 Å². The van der Waals surface area contributed by atoms with Gasteiger partial charge in [0.05, 0.1) is 12.5 Å². The highest BCUT2D eigenvalue weighted by molar-refractivity contribution is 5.90. The quantitative estimate of drug-likeness (QED) is 0.485. The van der Waals surface area contributed by atoms with Crippen molar-refractivity contribution in [1.82, 2.24) is 0 Å². The van der Waals surface area contributed by atoms with Crippen LogP contribution in [0.2, 0.25) is 0 Å². The van der Waals surface area contributed by atoms with Crippen LogP contribution in [0.4, 0.5) is 0 Å². The third kappa shape index (κ3) is 3.52. The van der Waals surface area contributed by atoms with Crippen molar-refractivity contribution in [3.05, 3.63) is 29.0 Å². The first-order chi connectivity index (χ1) is 12.3. The second-order valence-electron chi connectivity index (χ2n) is 9.38. The van der Waals surface area contributed by atoms with Gasteiger partial charge in [-0.15, -0.1) is 0 Å². The fourth-order valence-corrected chi connectivity index (χ4v) is 4.64. The van der Waals surface area contributed by atoms with Crippen LogP contribution in [-0.4, -0.2) is 7.11 Å². The zero-order valence-electron chi connectivity index (χ0n) is 17.6. The summed E-state index contributed by atoms with van der Waals surface area (Å²) in [6, 6.07) is 4.55. The van der Waals surface area contributed by atoms with Crippen LogP contribution in [0.1, 0.15) is 96.5 Å². The maximum Gasteiger partial charge on any atom is 0.138 e. The summed E-state index contributed by atoms with van der Waals surface area (Å²) in [5.41, 5.74) is 4.02. The van der Waals surface area contributed by atoms with E-state index in [4.69, 9.17) is 9.15 Å². The number of methoxy groups -OCH3 is 1. The van der Waals surface area contributed by atoms with Crippen molar-refractivity contribution in [3.63, 3.8) is 0 Å². The lowest BCUT2D eigenvalue weighted by Gasteiger charge is -2.30. The molecule has 1 heterocycles. The summed E-state index contributed by atoms with van der Waals surface area (Å²) >= 11 is 0. The summed E-state index contributed by atoms with van der Waals surface area (Å²) in [5, 5.41) is 1.21. The number of unbranched alkanes of at least 4 members (excludes halogenated alkanes) is 3. The largest absolute Gasteiger partial charge is 0.496 e. The van der Waals surface area contributed by atoms with Crippen LogP contribution in [0.25, 0.3) is 11.0 Å². The van der Waals surface area contributed by atoms with Gasteiger partial charge in [-0.25, -0.2) is 0 Å². The molecule has 1 aromatic heterocycles. The van der Waals surface area contributed by atoms with Gasteiger partial charge in [-0.2, -0.15) is 0 Å². The maximum absolute atomic E-state index is 6.37. The molecule has 144 valence electrons. The van der Waals surface area contributed by atoms with Gasteiger partial charge in [0.1, 0.15) is 17.1 Å². The molecule has 0 bridgehead atoms. The average Bonchev–Trinajstić information content (AvgIpc) is 2.97. The highest BCUT2D eigenvalue weighted by Gasteiger charge is 2.35. The van der Waals surface area contributed by atoms with E-state index in [-0.39, 0.29) is 10.8 Å². The Hall–Kier alpha value is -1.44. The third-order valence-corrected chi connectivity index (χ3v) is 6.37. The third-order valence-electron chi connectivity index (χ3n) is 6.37. The second-order valence-corrected chi connectivity index (χ2v) is 9.38. The molecule has 0 N–H and O–H groups in total. The molecule has 0 aliphatic heterocycles. The summed E-state index contributed by atoms with van der Waals surface area (Å²) in [6.07, 6.45) is 9.89. The fourth-order valence-electron chi connectivity index (χ4n) is 4.64. The van der Waals surface area contributed by atoms with Gasteiger partial charge in [0.2, 0.25) is 0 Å². The van der Waals surface area contributed by atoms with Crippen molar-refractivity contribution in [3.8, 4) is 5.75 Å². The molecule has 0 radical (unpaired) electrons. The lowest BCUT2D eigenvalue weighted by Crippen LogP contribution is -2.22. The summed E-state index contributed by atoms with van der Waals surface area (Å²) in [4.78, 5) is 0. The molecule has 0 saturated heterocycles. The number of aryl methyl sites for hydroxylation is 1. The second kappa shape index (κ2) is 7.29. The van der Waals surface area contributed by atoms with Crippen LogP contribution in [0, 0.1) is 0 Å². The van der Waals surface area contributed by atoms with Gasteiger partial charge in [0.25, 0.3) is 0 Å². The number of fused-ring (bicyclic) bond motifs is 3. The first kappa shape index (κ1) is 19.3. The molecule has 0 fully saturated rings. The van der Waals surface area contributed by atoms with Gasteiger partial charge in [-0.05, 0) is 47.8 Å². The minimum atomic E-state index is 0.137. The van der Waals surface area contributed by atoms with E-state index in [9.17, 15) is 0 Å². The number of hydrogen-bond acceptors (Lipinski definition) is 2. The minimum Gasteiger partial charge on any atom is -0.496 e. The van der Waals surface area contributed by atoms with E-state index < -0.39 is 0 Å². The van der Waals surface area contributed by atoms with Crippen LogP contribution in [-0.2, 0) is 17.3 Å². The van der Waals surface area contributed by atoms with E-state index in [1.807, 2.05) is 0 Å². The predicted molar refractivity (Wildman–Crippen MR) is 111 cm³/mol. The van der Waals surface area contributed by atoms with E-state index in [0.29, 0.717) is 0 Å². The van der Waals surface area contributed by atoms with E-state index >= 15 is 0 Å². The lowest BCUT2D eigenvalue weighted by atomic mass is 9.73. The SMILES string of the molecule is CCCCCCC(C)(C)c1cc(OC)c2c3c(oc2c1)CCCC3(C)C. The molecule has 0 atom stereocenters. The zero-order chi connectivity index (χ0) is 18.9. The van der Waals surface area contributed by atoms with Gasteiger partial charge in [-0.1, -0.05) is 60.3 Å². The van der Waals surface area contributed by atoms with Crippen molar-refractivity contribution in [2.24, 2.45) is 0 Å². The Morgan fingerprint density at radius 1 is 1.15 bits per heavy atom. The summed E-state index contributed by atoms with van der Waals surface area (Å²) < 4.78 is 12.2. The highest BCUT2D eigenvalue weighted by Crippen LogP contribution is 2.47. The van der Waals surface area contributed by atoms with Crippen molar-refractivity contribution < 1.29 is 9.15 Å². The molecule has 2 aromatic rings. The van der Waals surface area contributed by atoms with E-state index in [1.54, 1.807) is 7.11 Å². The number of rotatable bonds is 7. The molecule has 2 heteroatoms. The van der Waals surface area contributed by atoms with Crippen molar-refractivity contribution in [2.45, 2.75) is 96.8 Å². The summed E-state index contributed by atoms with van der Waals surface area (Å²) in [6.45, 7) is 11.7. The average molecular weight is 357 g/mol. The van der Waals surface area contributed by atoms with Crippen LogP contribution < -0.4 is 4.74 Å². The molecule has 0 saturated carbocycles. The minimum absolute atomic E-state index is 0.137. The van der Waals surface area contributed by atoms with Gasteiger partial charge < -0.3 is 9.15 Å². The van der Waals surface area contributed by atoms with Crippen LogP contribution in [0.15, 0.2) is 16.5 Å². The fraction of sp³-hybridized carbons (Fsp3) is 0.667. The molecule has 1 aliphatic rings. The number of hydrogen-bond donors (Lipinski definition) is 0. The number of benzene rings is 1. The molecular weight excluding hydrogens is 320 g/mol. The van der Waals surface area contributed by atoms with Gasteiger partial charge in [0.15, 0.2) is 0 Å². The molecule has 1 aromatic carbocycles. The molecule has 0 spiro atoms. The van der Waals surface area contributed by atoms with Gasteiger partial charge in [-0.3, -0.25) is 0 Å². The smallest absolute Gasteiger partial charge is 0.138 e. The Bertz CT molecular complexity index is 764. The normalized spacial score (nSPS) is 16.7. The molecular formula is C24H36O2. The molecule has 1 aliphatic carbocycles. The van der Waals surface area contributed by atoms with Crippen molar-refractivity contribution in [1.29, 1.82) is 0 Å².